The molecule has 1 N–H and O–H groups in total. The van der Waals surface area contributed by atoms with Crippen LogP contribution < -0.4 is 4.72 Å². The smallest absolute Gasteiger partial charge is 0.207 e. The molecule has 2 rings (SSSR count). The van der Waals surface area contributed by atoms with Crippen molar-refractivity contribution in [1.82, 2.24) is 4.72 Å². The predicted molar refractivity (Wildman–Crippen MR) is 95.2 cm³/mol. The lowest BCUT2D eigenvalue weighted by molar-refractivity contribution is 0.565. The number of nitrogens with one attached hydrogen (secondary N) is 1. The largest absolute Gasteiger partial charge is 0.241 e. The van der Waals surface area contributed by atoms with Crippen molar-refractivity contribution in [3.8, 4) is 0 Å². The van der Waals surface area contributed by atoms with Gasteiger partial charge in [-0.3, -0.25) is 0 Å². The van der Waals surface area contributed by atoms with Crippen molar-refractivity contribution >= 4 is 10.0 Å². The molecule has 0 saturated carbocycles. The zero-order valence-corrected chi connectivity index (χ0v) is 15.3. The maximum Gasteiger partial charge on any atom is 0.241 e. The summed E-state index contributed by atoms with van der Waals surface area (Å²) in [6.45, 7) is 9.63. The second-order valence-corrected chi connectivity index (χ2v) is 7.82. The summed E-state index contributed by atoms with van der Waals surface area (Å²) in [5.74, 6) is 0. The molecule has 2 aromatic carbocycles. The van der Waals surface area contributed by atoms with E-state index in [4.69, 9.17) is 0 Å². The molecule has 2 aromatic rings. The summed E-state index contributed by atoms with van der Waals surface area (Å²) in [5, 5.41) is 0. The van der Waals surface area contributed by atoms with Crippen LogP contribution in [0.1, 0.15) is 47.7 Å². The summed E-state index contributed by atoms with van der Waals surface area (Å²) >= 11 is 0. The van der Waals surface area contributed by atoms with Crippen molar-refractivity contribution in [2.45, 2.75) is 52.0 Å². The van der Waals surface area contributed by atoms with Gasteiger partial charge in [-0.05, 0) is 56.4 Å². The Bertz CT molecular complexity index is 770. The molecule has 0 aliphatic heterocycles. The van der Waals surface area contributed by atoms with Crippen molar-refractivity contribution in [1.29, 1.82) is 0 Å². The Morgan fingerprint density at radius 3 is 2.00 bits per heavy atom. The maximum atomic E-state index is 12.8. The third-order valence-corrected chi connectivity index (χ3v) is 5.94. The summed E-state index contributed by atoms with van der Waals surface area (Å²) in [4.78, 5) is 0.389. The molecule has 0 amide bonds. The van der Waals surface area contributed by atoms with Gasteiger partial charge in [0.15, 0.2) is 0 Å². The van der Waals surface area contributed by atoms with Gasteiger partial charge in [-0.25, -0.2) is 13.1 Å². The Morgan fingerprint density at radius 1 is 1.00 bits per heavy atom. The van der Waals surface area contributed by atoms with Gasteiger partial charge in [0.25, 0.3) is 0 Å². The lowest BCUT2D eigenvalue weighted by Crippen LogP contribution is -2.28. The standard InChI is InChI=1S/C19H25NO2S/c1-6-17-7-9-18(10-8-17)16(5)20-23(21,22)19-14(3)11-13(2)12-15(19)4/h7-12,16,20H,6H2,1-5H3/t16-/m0/s1. The van der Waals surface area contributed by atoms with Crippen molar-refractivity contribution in [2.24, 2.45) is 0 Å². The van der Waals surface area contributed by atoms with Gasteiger partial charge in [-0.2, -0.15) is 0 Å². The molecule has 23 heavy (non-hydrogen) atoms. The highest BCUT2D eigenvalue weighted by Gasteiger charge is 2.22. The van der Waals surface area contributed by atoms with Gasteiger partial charge in [0.2, 0.25) is 10.0 Å². The minimum absolute atomic E-state index is 0.272. The fraction of sp³-hybridized carbons (Fsp3) is 0.368. The molecule has 124 valence electrons. The highest BCUT2D eigenvalue weighted by atomic mass is 32.2. The van der Waals surface area contributed by atoms with E-state index in [-0.39, 0.29) is 6.04 Å². The fourth-order valence-electron chi connectivity index (χ4n) is 2.99. The number of hydrogen-bond donors (Lipinski definition) is 1. The van der Waals surface area contributed by atoms with E-state index >= 15 is 0 Å². The van der Waals surface area contributed by atoms with Gasteiger partial charge < -0.3 is 0 Å². The van der Waals surface area contributed by atoms with Crippen LogP contribution in [0.4, 0.5) is 0 Å². The van der Waals surface area contributed by atoms with E-state index < -0.39 is 10.0 Å². The first kappa shape index (κ1) is 17.7. The van der Waals surface area contributed by atoms with Gasteiger partial charge in [0.1, 0.15) is 0 Å². The number of rotatable bonds is 5. The highest BCUT2D eigenvalue weighted by molar-refractivity contribution is 7.89. The molecule has 0 aliphatic carbocycles. The number of aryl methyl sites for hydroxylation is 4. The summed E-state index contributed by atoms with van der Waals surface area (Å²) in [6.07, 6.45) is 0.974. The molecule has 0 heterocycles. The molecule has 0 aromatic heterocycles. The Kier molecular flexibility index (Phi) is 5.27. The quantitative estimate of drug-likeness (QED) is 0.892. The van der Waals surface area contributed by atoms with Crippen LogP contribution in [-0.4, -0.2) is 8.42 Å². The summed E-state index contributed by atoms with van der Waals surface area (Å²) in [7, 11) is -3.55. The van der Waals surface area contributed by atoms with E-state index in [2.05, 4.69) is 11.6 Å². The van der Waals surface area contributed by atoms with E-state index in [9.17, 15) is 8.42 Å². The minimum atomic E-state index is -3.55. The second kappa shape index (κ2) is 6.85. The van der Waals surface area contributed by atoms with E-state index in [0.717, 1.165) is 28.7 Å². The SMILES string of the molecule is CCc1ccc([C@H](C)NS(=O)(=O)c2c(C)cc(C)cc2C)cc1. The van der Waals surface area contributed by atoms with Crippen LogP contribution in [0.2, 0.25) is 0 Å². The van der Waals surface area contributed by atoms with Crippen molar-refractivity contribution < 1.29 is 8.42 Å². The normalized spacial score (nSPS) is 13.1. The zero-order chi connectivity index (χ0) is 17.2. The molecule has 4 heteroatoms. The number of hydrogen-bond acceptors (Lipinski definition) is 2. The van der Waals surface area contributed by atoms with Crippen molar-refractivity contribution in [2.75, 3.05) is 0 Å². The van der Waals surface area contributed by atoms with Gasteiger partial charge in [0, 0.05) is 6.04 Å². The monoisotopic (exact) mass is 331 g/mol. The summed E-state index contributed by atoms with van der Waals surface area (Å²) in [5.41, 5.74) is 4.84. The summed E-state index contributed by atoms with van der Waals surface area (Å²) in [6, 6.07) is 11.6. The molecule has 0 bridgehead atoms. The number of sulfonamides is 1. The number of benzene rings is 2. The van der Waals surface area contributed by atoms with Crippen LogP contribution >= 0.6 is 0 Å². The van der Waals surface area contributed by atoms with E-state index in [1.807, 2.05) is 64.1 Å². The average molecular weight is 331 g/mol. The lowest BCUT2D eigenvalue weighted by Gasteiger charge is -2.18. The average Bonchev–Trinajstić information content (AvgIpc) is 2.45. The minimum Gasteiger partial charge on any atom is -0.207 e. The molecule has 0 spiro atoms. The Labute approximate surface area is 139 Å². The maximum absolute atomic E-state index is 12.8. The topological polar surface area (TPSA) is 46.2 Å². The molecule has 1 atom stereocenters. The predicted octanol–water partition coefficient (Wildman–Crippen LogP) is 4.21. The summed E-state index contributed by atoms with van der Waals surface area (Å²) < 4.78 is 28.4. The first-order valence-corrected chi connectivity index (χ1v) is 9.42. The van der Waals surface area contributed by atoms with Crippen molar-refractivity contribution in [3.63, 3.8) is 0 Å². The molecule has 0 aliphatic rings. The van der Waals surface area contributed by atoms with Gasteiger partial charge in [-0.15, -0.1) is 0 Å². The Balaban J connectivity index is 2.30. The first-order valence-electron chi connectivity index (χ1n) is 7.93. The lowest BCUT2D eigenvalue weighted by atomic mass is 10.1. The van der Waals surface area contributed by atoms with E-state index in [1.54, 1.807) is 0 Å². The highest BCUT2D eigenvalue weighted by Crippen LogP contribution is 2.24. The Morgan fingerprint density at radius 2 is 1.52 bits per heavy atom. The third-order valence-electron chi connectivity index (χ3n) is 4.09. The zero-order valence-electron chi connectivity index (χ0n) is 14.5. The first-order chi connectivity index (χ1) is 10.7. The second-order valence-electron chi connectivity index (χ2n) is 6.17. The molecule has 0 radical (unpaired) electrons. The molecule has 0 unspecified atom stereocenters. The van der Waals surface area contributed by atoms with Crippen LogP contribution in [0.3, 0.4) is 0 Å². The van der Waals surface area contributed by atoms with Crippen LogP contribution in [-0.2, 0) is 16.4 Å². The van der Waals surface area contributed by atoms with E-state index in [1.165, 1.54) is 5.56 Å². The van der Waals surface area contributed by atoms with Crippen LogP contribution in [0.25, 0.3) is 0 Å². The third kappa shape index (κ3) is 4.01. The van der Waals surface area contributed by atoms with E-state index in [0.29, 0.717) is 4.90 Å². The van der Waals surface area contributed by atoms with Crippen LogP contribution in [0.15, 0.2) is 41.3 Å². The van der Waals surface area contributed by atoms with Gasteiger partial charge in [0.05, 0.1) is 4.90 Å². The molecular weight excluding hydrogens is 306 g/mol. The van der Waals surface area contributed by atoms with Crippen LogP contribution in [0, 0.1) is 20.8 Å². The molecular formula is C19H25NO2S. The fourth-order valence-corrected chi connectivity index (χ4v) is 4.68. The van der Waals surface area contributed by atoms with Gasteiger partial charge in [-0.1, -0.05) is 48.9 Å². The van der Waals surface area contributed by atoms with Crippen molar-refractivity contribution in [3.05, 3.63) is 64.2 Å². The Hall–Kier alpha value is -1.65. The molecule has 3 nitrogen and oxygen atoms in total. The van der Waals surface area contributed by atoms with Crippen LogP contribution in [0.5, 0.6) is 0 Å². The van der Waals surface area contributed by atoms with Gasteiger partial charge >= 0.3 is 0 Å². The molecule has 0 fully saturated rings. The molecule has 0 saturated heterocycles.